The van der Waals surface area contributed by atoms with Gasteiger partial charge in [-0.05, 0) is 30.9 Å². The minimum atomic E-state index is 0.646. The van der Waals surface area contributed by atoms with Crippen molar-refractivity contribution in [1.82, 2.24) is 9.97 Å². The summed E-state index contributed by atoms with van der Waals surface area (Å²) in [5, 5.41) is 0. The third-order valence-electron chi connectivity index (χ3n) is 2.41. The topological polar surface area (TPSA) is 25.8 Å². The first kappa shape index (κ1) is 11.7. The summed E-state index contributed by atoms with van der Waals surface area (Å²) in [4.78, 5) is 9.27. The van der Waals surface area contributed by atoms with E-state index in [1.807, 2.05) is 6.07 Å². The van der Waals surface area contributed by atoms with Crippen LogP contribution in [0.2, 0.25) is 0 Å². The third-order valence-corrected chi connectivity index (χ3v) is 3.27. The smallest absolute Gasteiger partial charge is 0.0893 e. The maximum atomic E-state index is 4.66. The zero-order valence-corrected chi connectivity index (χ0v) is 11.1. The van der Waals surface area contributed by atoms with Gasteiger partial charge in [0.25, 0.3) is 0 Å². The molecular formula is C12H14N2S2. The molecule has 0 fully saturated rings. The molecule has 0 aliphatic heterocycles. The fourth-order valence-corrected chi connectivity index (χ4v) is 2.37. The summed E-state index contributed by atoms with van der Waals surface area (Å²) >= 11 is 6.07. The van der Waals surface area contributed by atoms with E-state index in [4.69, 9.17) is 0 Å². The highest BCUT2D eigenvalue weighted by Gasteiger charge is 2.07. The van der Waals surface area contributed by atoms with E-state index in [9.17, 15) is 0 Å². The third kappa shape index (κ3) is 2.33. The van der Waals surface area contributed by atoms with Gasteiger partial charge >= 0.3 is 0 Å². The molecule has 0 aliphatic carbocycles. The second-order valence-electron chi connectivity index (χ2n) is 3.70. The van der Waals surface area contributed by atoms with Crippen LogP contribution in [-0.2, 0) is 11.5 Å². The quantitative estimate of drug-likeness (QED) is 0.847. The number of aryl methyl sites for hydroxylation is 1. The second kappa shape index (κ2) is 5.06. The Morgan fingerprint density at radius 2 is 1.94 bits per heavy atom. The van der Waals surface area contributed by atoms with Gasteiger partial charge in [-0.25, -0.2) is 9.97 Å². The average molecular weight is 250 g/mol. The Morgan fingerprint density at radius 1 is 1.19 bits per heavy atom. The number of thioether (sulfide) groups is 1. The Bertz CT molecular complexity index is 512. The van der Waals surface area contributed by atoms with Gasteiger partial charge in [0, 0.05) is 11.5 Å². The summed E-state index contributed by atoms with van der Waals surface area (Å²) in [6.45, 7) is 2.07. The lowest BCUT2D eigenvalue weighted by Gasteiger charge is -2.07. The Morgan fingerprint density at radius 3 is 2.62 bits per heavy atom. The lowest BCUT2D eigenvalue weighted by atomic mass is 10.2. The molecule has 16 heavy (non-hydrogen) atoms. The van der Waals surface area contributed by atoms with Crippen LogP contribution in [0.4, 0.5) is 0 Å². The maximum absolute atomic E-state index is 4.66. The summed E-state index contributed by atoms with van der Waals surface area (Å²) in [6, 6.07) is 6.16. The van der Waals surface area contributed by atoms with Gasteiger partial charge in [0.1, 0.15) is 0 Å². The number of benzene rings is 1. The molecule has 1 aromatic carbocycles. The van der Waals surface area contributed by atoms with E-state index in [1.54, 1.807) is 11.8 Å². The number of nitrogens with zero attached hydrogens (tertiary/aromatic N) is 2. The van der Waals surface area contributed by atoms with Gasteiger partial charge < -0.3 is 0 Å². The number of hydrogen-bond donors (Lipinski definition) is 1. The largest absolute Gasteiger partial charge is 0.248 e. The maximum Gasteiger partial charge on any atom is 0.0893 e. The van der Waals surface area contributed by atoms with E-state index in [0.29, 0.717) is 5.75 Å². The van der Waals surface area contributed by atoms with Gasteiger partial charge in [-0.15, -0.1) is 0 Å². The van der Waals surface area contributed by atoms with E-state index >= 15 is 0 Å². The molecule has 4 heteroatoms. The molecule has 0 aliphatic rings. The van der Waals surface area contributed by atoms with Crippen molar-refractivity contribution in [1.29, 1.82) is 0 Å². The molecule has 0 radical (unpaired) electrons. The first-order valence-electron chi connectivity index (χ1n) is 5.10. The number of hydrogen-bond acceptors (Lipinski definition) is 4. The molecule has 84 valence electrons. The Balaban J connectivity index is 2.60. The highest BCUT2D eigenvalue weighted by molar-refractivity contribution is 7.97. The highest BCUT2D eigenvalue weighted by atomic mass is 32.2. The number of aromatic nitrogens is 2. The predicted molar refractivity (Wildman–Crippen MR) is 74.2 cm³/mol. The molecular weight excluding hydrogens is 236 g/mol. The van der Waals surface area contributed by atoms with E-state index in [1.165, 1.54) is 5.56 Å². The van der Waals surface area contributed by atoms with Gasteiger partial charge in [0.2, 0.25) is 0 Å². The normalized spacial score (nSPS) is 10.9. The van der Waals surface area contributed by atoms with Crippen molar-refractivity contribution in [3.63, 3.8) is 0 Å². The van der Waals surface area contributed by atoms with Gasteiger partial charge in [-0.3, -0.25) is 0 Å². The van der Waals surface area contributed by atoms with Gasteiger partial charge in [-0.2, -0.15) is 24.4 Å². The Kier molecular flexibility index (Phi) is 3.71. The number of fused-ring (bicyclic) bond motifs is 1. The van der Waals surface area contributed by atoms with Crippen LogP contribution in [-0.4, -0.2) is 16.2 Å². The highest BCUT2D eigenvalue weighted by Crippen LogP contribution is 2.18. The van der Waals surface area contributed by atoms with Crippen LogP contribution in [0, 0.1) is 6.92 Å². The van der Waals surface area contributed by atoms with Gasteiger partial charge in [0.05, 0.1) is 22.4 Å². The van der Waals surface area contributed by atoms with Crippen molar-refractivity contribution in [3.05, 3.63) is 35.2 Å². The summed E-state index contributed by atoms with van der Waals surface area (Å²) in [7, 11) is 0. The number of rotatable bonds is 3. The van der Waals surface area contributed by atoms with Crippen LogP contribution in [0.3, 0.4) is 0 Å². The van der Waals surface area contributed by atoms with Gasteiger partial charge in [0.15, 0.2) is 0 Å². The predicted octanol–water partition coefficient (Wildman–Crippen LogP) is 3.23. The van der Waals surface area contributed by atoms with Crippen molar-refractivity contribution < 1.29 is 0 Å². The van der Waals surface area contributed by atoms with Crippen molar-refractivity contribution in [3.8, 4) is 0 Å². The molecule has 1 aromatic heterocycles. The zero-order chi connectivity index (χ0) is 11.5. The summed E-state index contributed by atoms with van der Waals surface area (Å²) in [6.07, 6.45) is 2.07. The second-order valence-corrected chi connectivity index (χ2v) is 4.88. The van der Waals surface area contributed by atoms with E-state index < -0.39 is 0 Å². The monoisotopic (exact) mass is 250 g/mol. The lowest BCUT2D eigenvalue weighted by Crippen LogP contribution is -1.99. The Labute approximate surface area is 105 Å². The molecule has 0 spiro atoms. The first-order chi connectivity index (χ1) is 7.74. The Hall–Kier alpha value is -0.740. The van der Waals surface area contributed by atoms with Crippen LogP contribution < -0.4 is 0 Å². The standard InChI is InChI=1S/C12H14N2S2/c1-8-3-4-9-10(5-8)14-12(7-16-2)11(6-15)13-9/h3-5,15H,6-7H2,1-2H3. The molecule has 0 bridgehead atoms. The molecule has 0 atom stereocenters. The molecule has 0 unspecified atom stereocenters. The zero-order valence-electron chi connectivity index (χ0n) is 9.40. The van der Waals surface area contributed by atoms with Crippen LogP contribution >= 0.6 is 24.4 Å². The van der Waals surface area contributed by atoms with Crippen LogP contribution in [0.1, 0.15) is 17.0 Å². The summed E-state index contributed by atoms with van der Waals surface area (Å²) in [5.74, 6) is 1.54. The summed E-state index contributed by atoms with van der Waals surface area (Å²) in [5.41, 5.74) is 5.21. The van der Waals surface area contributed by atoms with Crippen molar-refractivity contribution >= 4 is 35.4 Å². The average Bonchev–Trinajstić information content (AvgIpc) is 2.28. The molecule has 0 N–H and O–H groups in total. The van der Waals surface area contributed by atoms with E-state index in [-0.39, 0.29) is 0 Å². The molecule has 0 saturated carbocycles. The summed E-state index contributed by atoms with van der Waals surface area (Å²) < 4.78 is 0. The molecule has 2 nitrogen and oxygen atoms in total. The minimum absolute atomic E-state index is 0.646. The fraction of sp³-hybridized carbons (Fsp3) is 0.333. The fourth-order valence-electron chi connectivity index (χ4n) is 1.62. The molecule has 0 amide bonds. The van der Waals surface area contributed by atoms with Crippen LogP contribution in [0.15, 0.2) is 18.2 Å². The van der Waals surface area contributed by atoms with Crippen molar-refractivity contribution in [2.45, 2.75) is 18.4 Å². The molecule has 1 heterocycles. The van der Waals surface area contributed by atoms with Crippen molar-refractivity contribution in [2.75, 3.05) is 6.26 Å². The lowest BCUT2D eigenvalue weighted by molar-refractivity contribution is 1.07. The first-order valence-corrected chi connectivity index (χ1v) is 7.13. The SMILES string of the molecule is CSCc1nc2cc(C)ccc2nc1CS. The van der Waals surface area contributed by atoms with Gasteiger partial charge in [-0.1, -0.05) is 6.07 Å². The van der Waals surface area contributed by atoms with Crippen LogP contribution in [0.25, 0.3) is 11.0 Å². The molecule has 0 saturated heterocycles. The molecule has 2 aromatic rings. The van der Waals surface area contributed by atoms with Crippen LogP contribution in [0.5, 0.6) is 0 Å². The van der Waals surface area contributed by atoms with Crippen molar-refractivity contribution in [2.24, 2.45) is 0 Å². The number of thiol groups is 1. The van der Waals surface area contributed by atoms with E-state index in [2.05, 4.69) is 47.9 Å². The minimum Gasteiger partial charge on any atom is -0.248 e. The van der Waals surface area contributed by atoms with E-state index in [0.717, 1.165) is 28.2 Å². The molecule has 2 rings (SSSR count).